The maximum Gasteiger partial charge on any atom is 0.416 e. The monoisotopic (exact) mass is 595 g/mol. The summed E-state index contributed by atoms with van der Waals surface area (Å²) < 4.78 is 62.6. The minimum absolute atomic E-state index is 0.150. The lowest BCUT2D eigenvalue weighted by Crippen LogP contribution is -2.38. The molecule has 0 aliphatic carbocycles. The molecule has 1 aliphatic rings. The highest BCUT2D eigenvalue weighted by molar-refractivity contribution is 7.90. The van der Waals surface area contributed by atoms with E-state index in [0.717, 1.165) is 24.0 Å². The first-order valence-electron chi connectivity index (χ1n) is 12.6. The fourth-order valence-corrected chi connectivity index (χ4v) is 5.10. The summed E-state index contributed by atoms with van der Waals surface area (Å²) in [6, 6.07) is 15.2. The average Bonchev–Trinajstić information content (AvgIpc) is 2.94. The van der Waals surface area contributed by atoms with Crippen LogP contribution in [0.25, 0.3) is 0 Å². The van der Waals surface area contributed by atoms with E-state index in [1.165, 1.54) is 35.4 Å². The third-order valence-electron chi connectivity index (χ3n) is 6.66. The van der Waals surface area contributed by atoms with Crippen molar-refractivity contribution in [2.45, 2.75) is 24.4 Å². The van der Waals surface area contributed by atoms with E-state index in [1.807, 2.05) is 0 Å². The van der Waals surface area contributed by atoms with Gasteiger partial charge in [-0.2, -0.15) is 13.2 Å². The lowest BCUT2D eigenvalue weighted by Gasteiger charge is -2.29. The normalized spacial score (nSPS) is 13.5. The summed E-state index contributed by atoms with van der Waals surface area (Å²) in [7, 11) is -3.33. The zero-order chi connectivity index (χ0) is 30.2. The summed E-state index contributed by atoms with van der Waals surface area (Å²) in [5, 5.41) is 5.62. The molecule has 2 heterocycles. The van der Waals surface area contributed by atoms with Crippen LogP contribution < -0.4 is 15.5 Å². The molecule has 0 unspecified atom stereocenters. The van der Waals surface area contributed by atoms with Crippen LogP contribution in [0.15, 0.2) is 77.8 Å². The summed E-state index contributed by atoms with van der Waals surface area (Å²) in [6.45, 7) is 2.09. The topological polar surface area (TPSA) is 121 Å². The van der Waals surface area contributed by atoms with Gasteiger partial charge in [-0.25, -0.2) is 18.4 Å². The Labute approximate surface area is 239 Å². The predicted molar refractivity (Wildman–Crippen MR) is 151 cm³/mol. The van der Waals surface area contributed by atoms with Crippen LogP contribution in [0, 0.1) is 6.92 Å². The molecule has 42 heavy (non-hydrogen) atoms. The van der Waals surface area contributed by atoms with Crippen molar-refractivity contribution in [3.8, 4) is 0 Å². The zero-order valence-corrected chi connectivity index (χ0v) is 23.2. The van der Waals surface area contributed by atoms with Crippen LogP contribution in [0.4, 0.5) is 36.2 Å². The molecular formula is C29H24F3N5O4S. The number of aromatic nitrogens is 2. The Morgan fingerprint density at radius 3 is 2.40 bits per heavy atom. The van der Waals surface area contributed by atoms with Crippen molar-refractivity contribution in [3.05, 3.63) is 101 Å². The van der Waals surface area contributed by atoms with Crippen molar-refractivity contribution in [2.75, 3.05) is 28.3 Å². The highest BCUT2D eigenvalue weighted by Gasteiger charge is 2.31. The molecule has 3 aromatic carbocycles. The minimum atomic E-state index is -4.58. The summed E-state index contributed by atoms with van der Waals surface area (Å²) in [5.41, 5.74) is 1.93. The second-order valence-electron chi connectivity index (χ2n) is 9.72. The van der Waals surface area contributed by atoms with Gasteiger partial charge in [0.2, 0.25) is 5.95 Å². The highest BCUT2D eigenvalue weighted by atomic mass is 32.2. The maximum atomic E-state index is 13.4. The first-order valence-corrected chi connectivity index (χ1v) is 14.5. The van der Waals surface area contributed by atoms with E-state index in [9.17, 15) is 31.2 Å². The Hall–Kier alpha value is -4.78. The molecule has 1 aromatic heterocycles. The van der Waals surface area contributed by atoms with E-state index in [2.05, 4.69) is 20.6 Å². The van der Waals surface area contributed by atoms with Crippen LogP contribution in [0.2, 0.25) is 0 Å². The Morgan fingerprint density at radius 2 is 1.71 bits per heavy atom. The number of benzene rings is 3. The van der Waals surface area contributed by atoms with Gasteiger partial charge >= 0.3 is 6.18 Å². The number of nitrogens with one attached hydrogen (secondary N) is 2. The van der Waals surface area contributed by atoms with Crippen LogP contribution in [0.5, 0.6) is 0 Å². The molecule has 1 aliphatic heterocycles. The van der Waals surface area contributed by atoms with Crippen molar-refractivity contribution < 1.29 is 31.2 Å². The van der Waals surface area contributed by atoms with Gasteiger partial charge in [-0.3, -0.25) is 9.59 Å². The first-order chi connectivity index (χ1) is 19.8. The number of amides is 2. The van der Waals surface area contributed by atoms with Crippen LogP contribution in [-0.4, -0.2) is 43.0 Å². The van der Waals surface area contributed by atoms with Crippen LogP contribution in [0.1, 0.15) is 37.5 Å². The number of hydrogen-bond donors (Lipinski definition) is 2. The van der Waals surface area contributed by atoms with E-state index in [4.69, 9.17) is 0 Å². The van der Waals surface area contributed by atoms with E-state index in [0.29, 0.717) is 34.7 Å². The second-order valence-corrected chi connectivity index (χ2v) is 11.7. The maximum absolute atomic E-state index is 13.4. The molecule has 2 N–H and O–H groups in total. The van der Waals surface area contributed by atoms with E-state index in [1.54, 1.807) is 37.3 Å². The molecule has 0 atom stereocenters. The molecule has 2 amide bonds. The summed E-state index contributed by atoms with van der Waals surface area (Å²) in [4.78, 5) is 36.6. The summed E-state index contributed by atoms with van der Waals surface area (Å²) >= 11 is 0. The van der Waals surface area contributed by atoms with Crippen LogP contribution in [-0.2, 0) is 22.4 Å². The lowest BCUT2D eigenvalue weighted by atomic mass is 10.0. The number of sulfone groups is 1. The molecule has 4 aromatic rings. The highest BCUT2D eigenvalue weighted by Crippen LogP contribution is 2.31. The van der Waals surface area contributed by atoms with Gasteiger partial charge in [-0.15, -0.1) is 0 Å². The van der Waals surface area contributed by atoms with E-state index < -0.39 is 27.5 Å². The standard InChI is InChI=1S/C29H24F3N5O4S/c1-17-6-7-21(34-26(38)18-4-3-5-19(14-18)29(30,31)32)15-25(17)37-13-12-24-23(27(37)39)16-33-28(36-24)35-20-8-10-22(11-9-20)42(2,40)41/h3-11,14-16H,12-13H2,1-2H3,(H,34,38)(H,33,35,36). The zero-order valence-electron chi connectivity index (χ0n) is 22.4. The Bertz CT molecular complexity index is 1810. The third kappa shape index (κ3) is 6.10. The molecular weight excluding hydrogens is 571 g/mol. The number of carbonyl (C=O) groups excluding carboxylic acids is 2. The Kier molecular flexibility index (Phi) is 7.45. The molecule has 216 valence electrons. The van der Waals surface area contributed by atoms with Crippen molar-refractivity contribution in [3.63, 3.8) is 0 Å². The molecule has 0 fully saturated rings. The van der Waals surface area contributed by atoms with Crippen LogP contribution >= 0.6 is 0 Å². The molecule has 0 saturated carbocycles. The fourth-order valence-electron chi connectivity index (χ4n) is 4.47. The molecule has 9 nitrogen and oxygen atoms in total. The number of hydrogen-bond acceptors (Lipinski definition) is 7. The van der Waals surface area contributed by atoms with Gasteiger partial charge in [0.05, 0.1) is 21.7 Å². The quantitative estimate of drug-likeness (QED) is 0.306. The van der Waals surface area contributed by atoms with E-state index >= 15 is 0 Å². The summed E-state index contributed by atoms with van der Waals surface area (Å²) in [5.74, 6) is -0.812. The minimum Gasteiger partial charge on any atom is -0.324 e. The number of alkyl halides is 3. The number of halogens is 3. The van der Waals surface area contributed by atoms with Gasteiger partial charge in [-0.05, 0) is 67.1 Å². The smallest absolute Gasteiger partial charge is 0.324 e. The molecule has 0 saturated heterocycles. The number of fused-ring (bicyclic) bond motifs is 1. The average molecular weight is 596 g/mol. The SMILES string of the molecule is Cc1ccc(NC(=O)c2cccc(C(F)(F)F)c2)cc1N1CCc2nc(Nc3ccc(S(C)(=O)=O)cc3)ncc2C1=O. The van der Waals surface area contributed by atoms with Crippen molar-refractivity contribution in [1.82, 2.24) is 9.97 Å². The first kappa shape index (κ1) is 28.7. The largest absolute Gasteiger partial charge is 0.416 e. The summed E-state index contributed by atoms with van der Waals surface area (Å²) in [6.07, 6.45) is -1.63. The number of carbonyl (C=O) groups is 2. The number of nitrogens with zero attached hydrogens (tertiary/aromatic N) is 3. The Morgan fingerprint density at radius 1 is 1.00 bits per heavy atom. The molecule has 0 bridgehead atoms. The van der Waals surface area contributed by atoms with Crippen molar-refractivity contribution >= 4 is 44.7 Å². The molecule has 5 rings (SSSR count). The van der Waals surface area contributed by atoms with Gasteiger partial charge in [0.1, 0.15) is 0 Å². The van der Waals surface area contributed by atoms with Gasteiger partial charge in [0.25, 0.3) is 11.8 Å². The Balaban J connectivity index is 1.33. The molecule has 0 radical (unpaired) electrons. The van der Waals surface area contributed by atoms with Gasteiger partial charge in [-0.1, -0.05) is 12.1 Å². The fraction of sp³-hybridized carbons (Fsp3) is 0.172. The van der Waals surface area contributed by atoms with E-state index in [-0.39, 0.29) is 28.9 Å². The van der Waals surface area contributed by atoms with Crippen molar-refractivity contribution in [2.24, 2.45) is 0 Å². The number of rotatable bonds is 6. The van der Waals surface area contributed by atoms with Gasteiger partial charge < -0.3 is 15.5 Å². The van der Waals surface area contributed by atoms with Gasteiger partial charge in [0.15, 0.2) is 9.84 Å². The van der Waals surface area contributed by atoms with Gasteiger partial charge in [0, 0.05) is 48.0 Å². The number of aryl methyl sites for hydroxylation is 1. The number of anilines is 4. The molecule has 13 heteroatoms. The predicted octanol–water partition coefficient (Wildman–Crippen LogP) is 5.41. The van der Waals surface area contributed by atoms with Crippen LogP contribution in [0.3, 0.4) is 0 Å². The lowest BCUT2D eigenvalue weighted by molar-refractivity contribution is -0.137. The van der Waals surface area contributed by atoms with Crippen molar-refractivity contribution in [1.29, 1.82) is 0 Å². The molecule has 0 spiro atoms. The third-order valence-corrected chi connectivity index (χ3v) is 7.79. The second kappa shape index (κ2) is 10.9.